The Morgan fingerprint density at radius 1 is 0.567 bits per heavy atom. The van der Waals surface area contributed by atoms with Crippen molar-refractivity contribution in [3.63, 3.8) is 0 Å². The summed E-state index contributed by atoms with van der Waals surface area (Å²) in [5.74, 6) is 1.55. The van der Waals surface area contributed by atoms with E-state index >= 15 is 0 Å². The van der Waals surface area contributed by atoms with Crippen LogP contribution < -0.4 is 0 Å². The quantitative estimate of drug-likeness (QED) is 0.133. The molecule has 0 saturated carbocycles. The van der Waals surface area contributed by atoms with Crippen molar-refractivity contribution in [3.8, 4) is 0 Å². The molecule has 0 aromatic rings. The number of rotatable bonds is 19. The smallest absolute Gasteiger partial charge is 0.299 e. The minimum absolute atomic E-state index is 0.226. The van der Waals surface area contributed by atoms with E-state index in [0.717, 1.165) is 12.8 Å². The van der Waals surface area contributed by atoms with Gasteiger partial charge in [-0.3, -0.25) is 18.1 Å². The minimum atomic E-state index is -3.90. The van der Waals surface area contributed by atoms with Crippen LogP contribution in [-0.4, -0.2) is 26.4 Å². The molecule has 0 amide bonds. The van der Waals surface area contributed by atoms with Crippen molar-refractivity contribution in [1.82, 2.24) is 0 Å². The predicted molar refractivity (Wildman–Crippen MR) is 126 cm³/mol. The third kappa shape index (κ3) is 17.2. The highest BCUT2D eigenvalue weighted by atomic mass is 32.7. The normalized spacial score (nSPS) is 13.3. The van der Waals surface area contributed by atoms with Gasteiger partial charge in [-0.25, -0.2) is 13.1 Å². The summed E-state index contributed by atoms with van der Waals surface area (Å²) in [6, 6.07) is 0. The highest BCUT2D eigenvalue weighted by Crippen LogP contribution is 2.68. The van der Waals surface area contributed by atoms with E-state index in [4.69, 9.17) is 22.1 Å². The zero-order chi connectivity index (χ0) is 23.2. The Morgan fingerprint density at radius 2 is 0.867 bits per heavy atom. The molecule has 0 fully saturated rings. The van der Waals surface area contributed by atoms with Crippen LogP contribution >= 0.6 is 26.3 Å². The number of phosphoric ester groups is 1. The van der Waals surface area contributed by atoms with Gasteiger partial charge < -0.3 is 0 Å². The molecule has 0 N–H and O–H groups in total. The van der Waals surface area contributed by atoms with Crippen LogP contribution in [0.15, 0.2) is 0 Å². The van der Waals surface area contributed by atoms with Crippen LogP contribution in [0.5, 0.6) is 0 Å². The van der Waals surface area contributed by atoms with Crippen LogP contribution in [0.2, 0.25) is 0 Å². The molecule has 7 nitrogen and oxygen atoms in total. The number of phosphoric acid groups is 1. The largest absolute Gasteiger partial charge is 0.486 e. The van der Waals surface area contributed by atoms with E-state index in [0.29, 0.717) is 48.2 Å². The molecule has 0 bridgehead atoms. The molecule has 0 saturated heterocycles. The van der Waals surface area contributed by atoms with E-state index in [1.54, 1.807) is 0 Å². The van der Waals surface area contributed by atoms with Gasteiger partial charge in [0.2, 0.25) is 0 Å². The first-order valence-electron chi connectivity index (χ1n) is 11.0. The molecular formula is C20H44O7P2S. The second-order valence-electron chi connectivity index (χ2n) is 9.11. The molecule has 0 rings (SSSR count). The number of hydrogen-bond acceptors (Lipinski definition) is 8. The summed E-state index contributed by atoms with van der Waals surface area (Å²) in [7, 11) is -3.90. The second-order valence-corrected chi connectivity index (χ2v) is 14.5. The van der Waals surface area contributed by atoms with E-state index < -0.39 is 14.6 Å². The average Bonchev–Trinajstić information content (AvgIpc) is 2.59. The van der Waals surface area contributed by atoms with Gasteiger partial charge >= 0.3 is 14.6 Å². The molecule has 0 radical (unpaired) electrons. The number of hydrogen-bond donors (Lipinski definition) is 0. The Bertz CT molecular complexity index is 445. The monoisotopic (exact) mass is 490 g/mol. The maximum absolute atomic E-state index is 13.1. The third-order valence-corrected chi connectivity index (χ3v) is 8.95. The Labute approximate surface area is 188 Å². The average molecular weight is 491 g/mol. The van der Waals surface area contributed by atoms with Gasteiger partial charge in [0, 0.05) is 0 Å². The SMILES string of the molecule is CC(C)CCOP(=O)(OCCC(C)C)OSP(=O)(OCCC(C)C)OCCC(C)C. The van der Waals surface area contributed by atoms with Gasteiger partial charge in [0.15, 0.2) is 0 Å². The first-order chi connectivity index (χ1) is 13.9. The summed E-state index contributed by atoms with van der Waals surface area (Å²) in [5.41, 5.74) is 0. The molecule has 0 aromatic carbocycles. The van der Waals surface area contributed by atoms with E-state index in [1.165, 1.54) is 0 Å². The molecule has 10 heteroatoms. The molecular weight excluding hydrogens is 446 g/mol. The van der Waals surface area contributed by atoms with Gasteiger partial charge in [-0.2, -0.15) is 0 Å². The first kappa shape index (κ1) is 30.6. The first-order valence-corrected chi connectivity index (χ1v) is 15.4. The maximum Gasteiger partial charge on any atom is 0.486 e. The van der Waals surface area contributed by atoms with Gasteiger partial charge in [0.1, 0.15) is 11.7 Å². The molecule has 182 valence electrons. The highest BCUT2D eigenvalue weighted by molar-refractivity contribution is 8.53. The van der Waals surface area contributed by atoms with Crippen molar-refractivity contribution in [2.45, 2.75) is 81.1 Å². The van der Waals surface area contributed by atoms with Crippen LogP contribution in [0.3, 0.4) is 0 Å². The molecule has 0 aliphatic heterocycles. The molecule has 30 heavy (non-hydrogen) atoms. The standard InChI is InChI=1S/C20H44O7P2S/c1-17(2)9-13-23-28(21,24-14-10-18(3)4)27-30-29(22,25-15-11-19(5)6)26-16-12-20(7)8/h17-20H,9-16H2,1-8H3. The molecule has 0 aliphatic rings. The van der Waals surface area contributed by atoms with Gasteiger partial charge in [-0.05, 0) is 49.4 Å². The summed E-state index contributed by atoms with van der Waals surface area (Å²) in [4.78, 5) is 0. The fourth-order valence-electron chi connectivity index (χ4n) is 1.84. The van der Waals surface area contributed by atoms with E-state index in [9.17, 15) is 9.13 Å². The fraction of sp³-hybridized carbons (Fsp3) is 1.00. The zero-order valence-corrected chi connectivity index (χ0v) is 22.7. The summed E-state index contributed by atoms with van der Waals surface area (Å²) in [6.07, 6.45) is 2.87. The van der Waals surface area contributed by atoms with Crippen molar-refractivity contribution >= 4 is 26.3 Å². The Balaban J connectivity index is 5.04. The molecule has 0 aromatic heterocycles. The third-order valence-electron chi connectivity index (χ3n) is 3.99. The van der Waals surface area contributed by atoms with E-state index in [-0.39, 0.29) is 26.4 Å². The molecule has 0 unspecified atom stereocenters. The Hall–Kier alpha value is 0.610. The lowest BCUT2D eigenvalue weighted by atomic mass is 10.1. The lowest BCUT2D eigenvalue weighted by Crippen LogP contribution is -2.05. The highest BCUT2D eigenvalue weighted by Gasteiger charge is 2.36. The Morgan fingerprint density at radius 3 is 1.17 bits per heavy atom. The van der Waals surface area contributed by atoms with Gasteiger partial charge in [0.25, 0.3) is 0 Å². The summed E-state index contributed by atoms with van der Waals surface area (Å²) >= 11 is 0.450. The van der Waals surface area contributed by atoms with Crippen LogP contribution in [-0.2, 0) is 31.2 Å². The summed E-state index contributed by atoms with van der Waals surface area (Å²) in [6.45, 7) is 13.7. The van der Waals surface area contributed by atoms with Crippen molar-refractivity contribution in [3.05, 3.63) is 0 Å². The van der Waals surface area contributed by atoms with Crippen LogP contribution in [0.4, 0.5) is 0 Å². The summed E-state index contributed by atoms with van der Waals surface area (Å²) < 4.78 is 53.6. The van der Waals surface area contributed by atoms with Gasteiger partial charge in [-0.15, -0.1) is 0 Å². The fourth-order valence-corrected chi connectivity index (χ4v) is 6.57. The summed E-state index contributed by atoms with van der Waals surface area (Å²) in [5, 5.41) is 0. The topological polar surface area (TPSA) is 80.3 Å². The van der Waals surface area contributed by atoms with Crippen molar-refractivity contribution in [2.75, 3.05) is 26.4 Å². The maximum atomic E-state index is 13.1. The Kier molecular flexibility index (Phi) is 16.6. The van der Waals surface area contributed by atoms with Crippen molar-refractivity contribution in [2.24, 2.45) is 23.7 Å². The van der Waals surface area contributed by atoms with Gasteiger partial charge in [-0.1, -0.05) is 55.4 Å². The van der Waals surface area contributed by atoms with Gasteiger partial charge in [0.05, 0.1) is 26.4 Å². The lowest BCUT2D eigenvalue weighted by molar-refractivity contribution is 0.150. The van der Waals surface area contributed by atoms with Crippen molar-refractivity contribution < 1.29 is 31.2 Å². The van der Waals surface area contributed by atoms with Crippen molar-refractivity contribution in [1.29, 1.82) is 0 Å². The van der Waals surface area contributed by atoms with Crippen LogP contribution in [0, 0.1) is 23.7 Å². The zero-order valence-electron chi connectivity index (χ0n) is 20.1. The van der Waals surface area contributed by atoms with Crippen LogP contribution in [0.1, 0.15) is 81.1 Å². The van der Waals surface area contributed by atoms with Crippen LogP contribution in [0.25, 0.3) is 0 Å². The molecule has 0 spiro atoms. The lowest BCUT2D eigenvalue weighted by Gasteiger charge is -2.22. The minimum Gasteiger partial charge on any atom is -0.299 e. The van der Waals surface area contributed by atoms with E-state index in [2.05, 4.69) is 27.7 Å². The molecule has 0 atom stereocenters. The van der Waals surface area contributed by atoms with E-state index in [1.807, 2.05) is 27.7 Å². The predicted octanol–water partition coefficient (Wildman–Crippen LogP) is 8.12. The molecule has 0 aliphatic carbocycles. The second kappa shape index (κ2) is 16.3. The molecule has 0 heterocycles.